The molecule has 4 aliphatic carbocycles. The van der Waals surface area contributed by atoms with Crippen LogP contribution in [-0.4, -0.2) is 38.3 Å². The highest BCUT2D eigenvalue weighted by Gasteiger charge is 2.72. The van der Waals surface area contributed by atoms with Crippen LogP contribution in [0, 0.1) is 52.3 Å². The summed E-state index contributed by atoms with van der Waals surface area (Å²) in [6, 6.07) is 0. The average Bonchev–Trinajstić information content (AvgIpc) is 2.88. The van der Waals surface area contributed by atoms with Gasteiger partial charge in [0, 0.05) is 5.92 Å². The average molecular weight is 451 g/mol. The Hall–Kier alpha value is -0.650. The van der Waals surface area contributed by atoms with E-state index in [1.54, 1.807) is 0 Å². The lowest BCUT2D eigenvalue weighted by Crippen LogP contribution is -2.58. The first-order chi connectivity index (χ1) is 15.0. The van der Waals surface area contributed by atoms with Crippen LogP contribution in [0.3, 0.4) is 0 Å². The van der Waals surface area contributed by atoms with Crippen LogP contribution in [0.1, 0.15) is 98.3 Å². The Labute approximate surface area is 194 Å². The molecule has 9 atom stereocenters. The molecule has 4 N–H and O–H groups in total. The van der Waals surface area contributed by atoms with Gasteiger partial charge < -0.3 is 20.4 Å². The Morgan fingerprint density at radius 1 is 1.00 bits per heavy atom. The van der Waals surface area contributed by atoms with Gasteiger partial charge in [-0.25, -0.2) is 0 Å². The zero-order valence-electron chi connectivity index (χ0n) is 20.6. The van der Waals surface area contributed by atoms with Crippen LogP contribution in [-0.2, 0) is 4.79 Å². The van der Waals surface area contributed by atoms with Crippen molar-refractivity contribution in [3.8, 4) is 0 Å². The van der Waals surface area contributed by atoms with Crippen molar-refractivity contribution < 1.29 is 25.2 Å². The number of hydrogen-bond donors (Lipinski definition) is 4. The lowest BCUT2D eigenvalue weighted by atomic mass is 9.44. The van der Waals surface area contributed by atoms with Crippen molar-refractivity contribution in [2.24, 2.45) is 52.3 Å². The number of carboxylic acids is 1. The molecule has 2 unspecified atom stereocenters. The number of carbonyl (C=O) groups is 1. The Balaban J connectivity index is 1.65. The van der Waals surface area contributed by atoms with E-state index in [1.165, 1.54) is 0 Å². The Kier molecular flexibility index (Phi) is 6.53. The molecular formula is C27H46O5. The maximum atomic E-state index is 12.7. The molecule has 5 nitrogen and oxygen atoms in total. The molecule has 184 valence electrons. The molecule has 0 spiro atoms. The van der Waals surface area contributed by atoms with Gasteiger partial charge in [-0.1, -0.05) is 59.8 Å². The lowest BCUT2D eigenvalue weighted by Gasteiger charge is -2.59. The molecule has 0 heterocycles. The summed E-state index contributed by atoms with van der Waals surface area (Å²) < 4.78 is 0. The minimum Gasteiger partial charge on any atom is -0.481 e. The van der Waals surface area contributed by atoms with Gasteiger partial charge in [-0.3, -0.25) is 4.79 Å². The first kappa shape index (κ1) is 24.5. The number of hydrogen-bond acceptors (Lipinski definition) is 4. The van der Waals surface area contributed by atoms with E-state index in [4.69, 9.17) is 0 Å². The fourth-order valence-electron chi connectivity index (χ4n) is 9.58. The summed E-state index contributed by atoms with van der Waals surface area (Å²) in [6.07, 6.45) is 9.14. The van der Waals surface area contributed by atoms with Gasteiger partial charge in [0.15, 0.2) is 5.79 Å². The molecule has 4 rings (SSSR count). The van der Waals surface area contributed by atoms with Crippen molar-refractivity contribution in [3.05, 3.63) is 0 Å². The first-order valence-corrected chi connectivity index (χ1v) is 13.3. The number of aliphatic hydroxyl groups excluding tert-OH is 1. The summed E-state index contributed by atoms with van der Waals surface area (Å²) in [5, 5.41) is 44.4. The van der Waals surface area contributed by atoms with Crippen molar-refractivity contribution in [2.75, 3.05) is 0 Å². The highest BCUT2D eigenvalue weighted by Crippen LogP contribution is 2.70. The minimum absolute atomic E-state index is 0.0394. The highest BCUT2D eigenvalue weighted by atomic mass is 16.5. The third-order valence-corrected chi connectivity index (χ3v) is 10.7. The summed E-state index contributed by atoms with van der Waals surface area (Å²) in [6.45, 7) is 8.71. The largest absolute Gasteiger partial charge is 0.481 e. The highest BCUT2D eigenvalue weighted by molar-refractivity contribution is 5.76. The maximum Gasteiger partial charge on any atom is 0.310 e. The molecule has 0 aromatic rings. The zero-order chi connectivity index (χ0) is 23.5. The normalized spacial score (nSPS) is 46.2. The van der Waals surface area contributed by atoms with E-state index in [0.717, 1.165) is 70.6 Å². The second-order valence-electron chi connectivity index (χ2n) is 12.7. The van der Waals surface area contributed by atoms with Gasteiger partial charge in [0.05, 0.1) is 5.41 Å². The summed E-state index contributed by atoms with van der Waals surface area (Å²) in [5.74, 6) is -2.32. The summed E-state index contributed by atoms with van der Waals surface area (Å²) in [7, 11) is 0. The minimum atomic E-state index is -2.11. The van der Waals surface area contributed by atoms with Crippen molar-refractivity contribution in [1.29, 1.82) is 0 Å². The van der Waals surface area contributed by atoms with E-state index in [1.807, 2.05) is 0 Å². The number of rotatable bonds is 6. The van der Waals surface area contributed by atoms with E-state index in [9.17, 15) is 25.2 Å². The Morgan fingerprint density at radius 2 is 1.72 bits per heavy atom. The SMILES string of the molecule is CC(C)CCC[C@@H](C)[C@H]1C(O)(O)C(O)[C@H]2[C@@H]3CCC4CCCC[C@]4(C(=O)O)[C@H]3CC[C@@]21C. The van der Waals surface area contributed by atoms with Gasteiger partial charge in [0.2, 0.25) is 0 Å². The molecule has 4 saturated carbocycles. The van der Waals surface area contributed by atoms with Gasteiger partial charge in [0.1, 0.15) is 6.10 Å². The Bertz CT molecular complexity index is 704. The first-order valence-electron chi connectivity index (χ1n) is 13.3. The van der Waals surface area contributed by atoms with Crippen LogP contribution >= 0.6 is 0 Å². The number of carboxylic acid groups (broad SMARTS) is 1. The molecular weight excluding hydrogens is 404 g/mol. The zero-order valence-corrected chi connectivity index (χ0v) is 20.6. The van der Waals surface area contributed by atoms with Crippen LogP contribution in [0.25, 0.3) is 0 Å². The van der Waals surface area contributed by atoms with Gasteiger partial charge in [0.25, 0.3) is 0 Å². The molecule has 32 heavy (non-hydrogen) atoms. The van der Waals surface area contributed by atoms with Crippen LogP contribution in [0.15, 0.2) is 0 Å². The second kappa shape index (κ2) is 8.53. The van der Waals surface area contributed by atoms with Crippen molar-refractivity contribution >= 4 is 5.97 Å². The van der Waals surface area contributed by atoms with Crippen molar-refractivity contribution in [1.82, 2.24) is 0 Å². The van der Waals surface area contributed by atoms with E-state index < -0.39 is 23.3 Å². The van der Waals surface area contributed by atoms with Crippen LogP contribution in [0.5, 0.6) is 0 Å². The molecule has 0 radical (unpaired) electrons. The smallest absolute Gasteiger partial charge is 0.310 e. The number of aliphatic carboxylic acids is 1. The van der Waals surface area contributed by atoms with Gasteiger partial charge >= 0.3 is 5.97 Å². The van der Waals surface area contributed by atoms with E-state index in [-0.39, 0.29) is 40.9 Å². The number of aliphatic hydroxyl groups is 3. The third-order valence-electron chi connectivity index (χ3n) is 10.7. The fourth-order valence-corrected chi connectivity index (χ4v) is 9.58. The van der Waals surface area contributed by atoms with Crippen LogP contribution < -0.4 is 0 Å². The summed E-state index contributed by atoms with van der Waals surface area (Å²) >= 11 is 0. The lowest BCUT2D eigenvalue weighted by molar-refractivity contribution is -0.252. The second-order valence-corrected chi connectivity index (χ2v) is 12.7. The maximum absolute atomic E-state index is 12.7. The van der Waals surface area contributed by atoms with E-state index in [0.29, 0.717) is 5.92 Å². The van der Waals surface area contributed by atoms with Crippen molar-refractivity contribution in [3.63, 3.8) is 0 Å². The van der Waals surface area contributed by atoms with Gasteiger partial charge in [-0.05, 0) is 79.4 Å². The van der Waals surface area contributed by atoms with Crippen LogP contribution in [0.2, 0.25) is 0 Å². The van der Waals surface area contributed by atoms with Gasteiger partial charge in [-0.15, -0.1) is 0 Å². The molecule has 0 bridgehead atoms. The Morgan fingerprint density at radius 3 is 2.38 bits per heavy atom. The monoisotopic (exact) mass is 450 g/mol. The quantitative estimate of drug-likeness (QED) is 0.435. The molecule has 4 aliphatic rings. The molecule has 0 aromatic carbocycles. The van der Waals surface area contributed by atoms with Gasteiger partial charge in [-0.2, -0.15) is 0 Å². The predicted molar refractivity (Wildman–Crippen MR) is 124 cm³/mol. The molecule has 0 aliphatic heterocycles. The fraction of sp³-hybridized carbons (Fsp3) is 0.963. The third kappa shape index (κ3) is 3.48. The summed E-state index contributed by atoms with van der Waals surface area (Å²) in [5.41, 5.74) is -1.06. The van der Waals surface area contributed by atoms with Crippen molar-refractivity contribution in [2.45, 2.75) is 110 Å². The molecule has 5 heteroatoms. The number of fused-ring (bicyclic) bond motifs is 5. The van der Waals surface area contributed by atoms with E-state index in [2.05, 4.69) is 27.7 Å². The summed E-state index contributed by atoms with van der Waals surface area (Å²) in [4.78, 5) is 12.7. The molecule has 0 amide bonds. The predicted octanol–water partition coefficient (Wildman–Crippen LogP) is 4.82. The van der Waals surface area contributed by atoms with Crippen LogP contribution in [0.4, 0.5) is 0 Å². The topological polar surface area (TPSA) is 98.0 Å². The van der Waals surface area contributed by atoms with E-state index >= 15 is 0 Å². The molecule has 0 aromatic heterocycles. The molecule has 0 saturated heterocycles. The molecule has 4 fully saturated rings. The standard InChI is InChI=1S/C27H46O5/c1-16(2)8-7-9-17(3)22-25(4)15-13-20-19(21(25)23(28)27(22,31)32)12-11-18-10-5-6-14-26(18,20)24(29)30/h16-23,28,31-32H,5-15H2,1-4H3,(H,29,30)/t17-,18?,19-,20+,21-,22-,23?,25+,26-/m1/s1.